The summed E-state index contributed by atoms with van der Waals surface area (Å²) in [7, 11) is 2.05. The molecule has 0 atom stereocenters. The van der Waals surface area contributed by atoms with Gasteiger partial charge in [-0.3, -0.25) is 4.79 Å². The molecule has 5 rings (SSSR count). The Bertz CT molecular complexity index is 1420. The van der Waals surface area contributed by atoms with Crippen molar-refractivity contribution in [1.29, 1.82) is 0 Å². The van der Waals surface area contributed by atoms with Gasteiger partial charge in [0, 0.05) is 41.8 Å². The van der Waals surface area contributed by atoms with Crippen molar-refractivity contribution in [2.24, 2.45) is 5.10 Å². The Morgan fingerprint density at radius 1 is 0.943 bits per heavy atom. The molecule has 0 spiro atoms. The number of benzene rings is 3. The first-order valence-electron chi connectivity index (χ1n) is 11.5. The number of carbonyl (C=O) groups excluding carboxylic acids is 1. The molecular formula is C29H27N5O. The average molecular weight is 462 g/mol. The van der Waals surface area contributed by atoms with E-state index in [-0.39, 0.29) is 11.3 Å². The highest BCUT2D eigenvalue weighted by atomic mass is 16.2. The van der Waals surface area contributed by atoms with Crippen LogP contribution in [-0.4, -0.2) is 28.9 Å². The third-order valence-corrected chi connectivity index (χ3v) is 6.44. The second-order valence-corrected chi connectivity index (χ2v) is 9.01. The molecule has 0 saturated carbocycles. The van der Waals surface area contributed by atoms with Crippen LogP contribution in [0.2, 0.25) is 0 Å². The summed E-state index contributed by atoms with van der Waals surface area (Å²) < 4.78 is 1.72. The maximum absolute atomic E-state index is 13.1. The average Bonchev–Trinajstić information content (AvgIpc) is 3.42. The molecule has 1 aliphatic heterocycles. The highest BCUT2D eigenvalue weighted by Crippen LogP contribution is 2.46. The molecular weight excluding hydrogens is 434 g/mol. The topological polar surface area (TPSA) is 62.5 Å². The Kier molecular flexibility index (Phi) is 5.79. The maximum atomic E-state index is 13.1. The predicted molar refractivity (Wildman–Crippen MR) is 141 cm³/mol. The first-order chi connectivity index (χ1) is 17.0. The molecule has 0 bridgehead atoms. The minimum atomic E-state index is -0.317. The molecule has 3 aromatic carbocycles. The smallest absolute Gasteiger partial charge is 0.275 e. The number of para-hydroxylation sites is 2. The number of rotatable bonds is 5. The van der Waals surface area contributed by atoms with Crippen LogP contribution < -0.4 is 10.3 Å². The van der Waals surface area contributed by atoms with Gasteiger partial charge >= 0.3 is 0 Å². The monoisotopic (exact) mass is 461 g/mol. The van der Waals surface area contributed by atoms with Crippen LogP contribution in [-0.2, 0) is 5.41 Å². The van der Waals surface area contributed by atoms with E-state index >= 15 is 0 Å². The van der Waals surface area contributed by atoms with E-state index in [1.807, 2.05) is 72.8 Å². The van der Waals surface area contributed by atoms with Gasteiger partial charge in [0.2, 0.25) is 0 Å². The molecule has 6 nitrogen and oxygen atoms in total. The van der Waals surface area contributed by atoms with E-state index < -0.39 is 0 Å². The van der Waals surface area contributed by atoms with E-state index in [2.05, 4.69) is 54.5 Å². The van der Waals surface area contributed by atoms with E-state index in [0.29, 0.717) is 11.3 Å². The van der Waals surface area contributed by atoms with Crippen LogP contribution in [0, 0.1) is 0 Å². The van der Waals surface area contributed by atoms with Crippen LogP contribution in [0.1, 0.15) is 29.8 Å². The summed E-state index contributed by atoms with van der Waals surface area (Å²) in [4.78, 5) is 15.3. The molecule has 2 heterocycles. The second-order valence-electron chi connectivity index (χ2n) is 9.01. The lowest BCUT2D eigenvalue weighted by atomic mass is 9.84. The Morgan fingerprint density at radius 3 is 2.31 bits per heavy atom. The van der Waals surface area contributed by atoms with Gasteiger partial charge in [0.25, 0.3) is 5.91 Å². The van der Waals surface area contributed by atoms with Gasteiger partial charge in [0.1, 0.15) is 5.69 Å². The number of allylic oxidation sites excluding steroid dienone is 2. The van der Waals surface area contributed by atoms with E-state index in [1.54, 1.807) is 17.1 Å². The number of nitrogens with one attached hydrogen (secondary N) is 1. The molecule has 1 aliphatic rings. The van der Waals surface area contributed by atoms with Crippen molar-refractivity contribution in [3.8, 4) is 16.9 Å². The summed E-state index contributed by atoms with van der Waals surface area (Å²) in [6.45, 7) is 4.38. The number of likely N-dealkylation sites (N-methyl/N-ethyl adjacent to an activating group) is 1. The van der Waals surface area contributed by atoms with Crippen LogP contribution in [0.5, 0.6) is 0 Å². The van der Waals surface area contributed by atoms with Crippen LogP contribution in [0.15, 0.2) is 108 Å². The number of anilines is 1. The van der Waals surface area contributed by atoms with Gasteiger partial charge < -0.3 is 4.90 Å². The number of nitrogens with zero attached hydrogens (tertiary/aromatic N) is 4. The van der Waals surface area contributed by atoms with E-state index in [4.69, 9.17) is 5.10 Å². The molecule has 6 heteroatoms. The molecule has 35 heavy (non-hydrogen) atoms. The van der Waals surface area contributed by atoms with Crippen LogP contribution in [0.25, 0.3) is 16.9 Å². The summed E-state index contributed by atoms with van der Waals surface area (Å²) >= 11 is 0. The molecule has 1 N–H and O–H groups in total. The number of fused-ring (bicyclic) bond motifs is 1. The van der Waals surface area contributed by atoms with Gasteiger partial charge in [-0.05, 0) is 29.8 Å². The van der Waals surface area contributed by atoms with Gasteiger partial charge in [-0.1, -0.05) is 80.6 Å². The van der Waals surface area contributed by atoms with Crippen molar-refractivity contribution >= 4 is 17.8 Å². The molecule has 1 aromatic heterocycles. The Morgan fingerprint density at radius 2 is 1.60 bits per heavy atom. The lowest BCUT2D eigenvalue weighted by Crippen LogP contribution is -2.23. The lowest BCUT2D eigenvalue weighted by Gasteiger charge is -2.23. The first kappa shape index (κ1) is 22.3. The zero-order valence-corrected chi connectivity index (χ0v) is 20.0. The van der Waals surface area contributed by atoms with Gasteiger partial charge in [-0.2, -0.15) is 10.2 Å². The standard InChI is InChI=1S/C29H27N5O/c1-29(2)24-16-10-11-17-25(24)33(3)26(29)18-19-30-31-28(35)23-20-34(22-14-8-5-9-15-22)32-27(23)21-12-6-4-7-13-21/h4-20H,1-3H3,(H,31,35)/b26-18+,30-19-. The van der Waals surface area contributed by atoms with E-state index in [1.165, 1.54) is 11.3 Å². The normalized spacial score (nSPS) is 15.5. The quantitative estimate of drug-likeness (QED) is 0.312. The predicted octanol–water partition coefficient (Wildman–Crippen LogP) is 5.57. The van der Waals surface area contributed by atoms with Gasteiger partial charge in [0.15, 0.2) is 0 Å². The second kappa shape index (κ2) is 9.06. The Balaban J connectivity index is 1.40. The summed E-state index contributed by atoms with van der Waals surface area (Å²) in [6, 6.07) is 27.8. The SMILES string of the molecule is CN1/C(=C/C=N\NC(=O)c2cn(-c3ccccc3)nc2-c2ccccc2)C(C)(C)c2ccccc21. The fourth-order valence-electron chi connectivity index (χ4n) is 4.63. The van der Waals surface area contributed by atoms with Crippen LogP contribution in [0.3, 0.4) is 0 Å². The third-order valence-electron chi connectivity index (χ3n) is 6.44. The summed E-state index contributed by atoms with van der Waals surface area (Å²) in [6.07, 6.45) is 5.33. The zero-order chi connectivity index (χ0) is 24.4. The number of hydrogen-bond acceptors (Lipinski definition) is 4. The minimum absolute atomic E-state index is 0.154. The fourth-order valence-corrected chi connectivity index (χ4v) is 4.63. The van der Waals surface area contributed by atoms with E-state index in [9.17, 15) is 4.79 Å². The summed E-state index contributed by atoms with van der Waals surface area (Å²) in [5, 5.41) is 8.93. The zero-order valence-electron chi connectivity index (χ0n) is 20.0. The summed E-state index contributed by atoms with van der Waals surface area (Å²) in [5.74, 6) is -0.317. The van der Waals surface area contributed by atoms with Crippen molar-refractivity contribution in [3.63, 3.8) is 0 Å². The van der Waals surface area contributed by atoms with Crippen LogP contribution >= 0.6 is 0 Å². The van der Waals surface area contributed by atoms with Gasteiger partial charge in [-0.25, -0.2) is 10.1 Å². The van der Waals surface area contributed by atoms with Crippen molar-refractivity contribution in [2.75, 3.05) is 11.9 Å². The molecule has 0 fully saturated rings. The molecule has 0 radical (unpaired) electrons. The molecule has 1 amide bonds. The van der Waals surface area contributed by atoms with Crippen molar-refractivity contribution in [2.45, 2.75) is 19.3 Å². The number of carbonyl (C=O) groups is 1. The number of aromatic nitrogens is 2. The number of amides is 1. The molecule has 174 valence electrons. The maximum Gasteiger partial charge on any atom is 0.275 e. The Labute approximate surface area is 205 Å². The highest BCUT2D eigenvalue weighted by molar-refractivity contribution is 6.00. The summed E-state index contributed by atoms with van der Waals surface area (Å²) in [5.41, 5.74) is 8.89. The van der Waals surface area contributed by atoms with Crippen molar-refractivity contribution in [3.05, 3.63) is 114 Å². The number of hydrogen-bond donors (Lipinski definition) is 1. The highest BCUT2D eigenvalue weighted by Gasteiger charge is 2.37. The van der Waals surface area contributed by atoms with Crippen molar-refractivity contribution in [1.82, 2.24) is 15.2 Å². The fraction of sp³-hybridized carbons (Fsp3) is 0.138. The molecule has 4 aromatic rings. The lowest BCUT2D eigenvalue weighted by molar-refractivity contribution is 0.0955. The van der Waals surface area contributed by atoms with Crippen molar-refractivity contribution < 1.29 is 4.79 Å². The third kappa shape index (κ3) is 4.15. The number of hydrazone groups is 1. The molecule has 0 aliphatic carbocycles. The molecule has 0 unspecified atom stereocenters. The van der Waals surface area contributed by atoms with Gasteiger partial charge in [0.05, 0.1) is 11.3 Å². The largest absolute Gasteiger partial charge is 0.347 e. The van der Waals surface area contributed by atoms with Gasteiger partial charge in [-0.15, -0.1) is 0 Å². The minimum Gasteiger partial charge on any atom is -0.347 e. The van der Waals surface area contributed by atoms with E-state index in [0.717, 1.165) is 16.9 Å². The molecule has 0 saturated heterocycles. The Hall–Kier alpha value is -4.45. The van der Waals surface area contributed by atoms with Crippen LogP contribution in [0.4, 0.5) is 5.69 Å². The first-order valence-corrected chi connectivity index (χ1v) is 11.5.